The van der Waals surface area contributed by atoms with E-state index < -0.39 is 7.14 Å². The highest BCUT2D eigenvalue weighted by Crippen LogP contribution is 2.55. The van der Waals surface area contributed by atoms with E-state index in [0.717, 1.165) is 33.4 Å². The van der Waals surface area contributed by atoms with Crippen LogP contribution in [0.2, 0.25) is 0 Å². The highest BCUT2D eigenvalue weighted by molar-refractivity contribution is 7.61. The van der Waals surface area contributed by atoms with E-state index in [1.54, 1.807) is 0 Å². The van der Waals surface area contributed by atoms with E-state index in [2.05, 4.69) is 56.1 Å². The molecule has 0 bridgehead atoms. The molecule has 0 spiro atoms. The monoisotopic (exact) mass is 398 g/mol. The van der Waals surface area contributed by atoms with Gasteiger partial charge in [-0.05, 0) is 33.4 Å². The van der Waals surface area contributed by atoms with Crippen LogP contribution >= 0.6 is 7.14 Å². The third kappa shape index (κ3) is 5.79. The Morgan fingerprint density at radius 2 is 0.759 bits per heavy atom. The van der Waals surface area contributed by atoms with Crippen LogP contribution in [0.15, 0.2) is 92.5 Å². The van der Waals surface area contributed by atoms with Gasteiger partial charge in [-0.25, -0.2) is 0 Å². The van der Waals surface area contributed by atoms with E-state index in [1.165, 1.54) is 0 Å². The number of benzene rings is 3. The lowest BCUT2D eigenvalue weighted by atomic mass is 10.1. The summed E-state index contributed by atoms with van der Waals surface area (Å²) in [6.45, 7) is 11.4. The van der Waals surface area contributed by atoms with E-state index in [4.69, 9.17) is 0 Å². The first-order valence-corrected chi connectivity index (χ1v) is 12.0. The van der Waals surface area contributed by atoms with Crippen LogP contribution in [0.1, 0.15) is 33.4 Å². The van der Waals surface area contributed by atoms with Gasteiger partial charge in [0.1, 0.15) is 7.14 Å². The predicted octanol–water partition coefficient (Wildman–Crippen LogP) is 7.88. The van der Waals surface area contributed by atoms with Crippen LogP contribution in [0.4, 0.5) is 0 Å². The average Bonchev–Trinajstić information content (AvgIpc) is 2.75. The Labute approximate surface area is 174 Å². The summed E-state index contributed by atoms with van der Waals surface area (Å²) in [6, 6.07) is 24.6. The molecule has 2 heteroatoms. The molecule has 0 unspecified atom stereocenters. The fraction of sp³-hybridized carbons (Fsp3) is 0.111. The molecule has 146 valence electrons. The Hall–Kier alpha value is -2.89. The van der Waals surface area contributed by atoms with Crippen molar-refractivity contribution in [2.45, 2.75) is 18.5 Å². The molecule has 0 aliphatic carbocycles. The van der Waals surface area contributed by atoms with Crippen molar-refractivity contribution in [3.8, 4) is 0 Å². The molecule has 1 nitrogen and oxygen atoms in total. The molecule has 3 aromatic rings. The molecule has 0 radical (unpaired) electrons. The van der Waals surface area contributed by atoms with Gasteiger partial charge in [0.2, 0.25) is 0 Å². The molecule has 0 fully saturated rings. The quantitative estimate of drug-likeness (QED) is 0.335. The molecule has 0 N–H and O–H groups in total. The Morgan fingerprint density at radius 1 is 0.517 bits per heavy atom. The fourth-order valence-electron chi connectivity index (χ4n) is 3.44. The minimum absolute atomic E-state index is 0.580. The van der Waals surface area contributed by atoms with Gasteiger partial charge >= 0.3 is 0 Å². The molecular formula is C27H27OP. The summed E-state index contributed by atoms with van der Waals surface area (Å²) >= 11 is 0. The Bertz CT molecular complexity index is 889. The molecule has 3 rings (SSSR count). The van der Waals surface area contributed by atoms with Crippen LogP contribution in [-0.2, 0) is 23.1 Å². The zero-order chi connectivity index (χ0) is 20.7. The summed E-state index contributed by atoms with van der Waals surface area (Å²) in [5.74, 6) is 0. The third-order valence-electron chi connectivity index (χ3n) is 5.06. The summed E-state index contributed by atoms with van der Waals surface area (Å²) in [4.78, 5) is 0. The van der Waals surface area contributed by atoms with Crippen molar-refractivity contribution in [3.63, 3.8) is 0 Å². The first-order chi connectivity index (χ1) is 14.0. The topological polar surface area (TPSA) is 17.1 Å². The van der Waals surface area contributed by atoms with Crippen molar-refractivity contribution in [1.29, 1.82) is 0 Å². The molecule has 3 aromatic carbocycles. The van der Waals surface area contributed by atoms with E-state index in [9.17, 15) is 4.57 Å². The Balaban J connectivity index is 1.88. The largest absolute Gasteiger partial charge is 0.323 e. The summed E-state index contributed by atoms with van der Waals surface area (Å²) in [7, 11) is -2.53. The zero-order valence-electron chi connectivity index (χ0n) is 16.8. The van der Waals surface area contributed by atoms with Crippen LogP contribution in [0.25, 0.3) is 18.2 Å². The van der Waals surface area contributed by atoms with Gasteiger partial charge < -0.3 is 4.57 Å². The van der Waals surface area contributed by atoms with Gasteiger partial charge in [-0.2, -0.15) is 0 Å². The van der Waals surface area contributed by atoms with Gasteiger partial charge in [-0.1, -0.05) is 111 Å². The lowest BCUT2D eigenvalue weighted by Gasteiger charge is -2.19. The lowest BCUT2D eigenvalue weighted by Crippen LogP contribution is -1.98. The Morgan fingerprint density at radius 3 is 0.966 bits per heavy atom. The molecule has 0 saturated carbocycles. The zero-order valence-corrected chi connectivity index (χ0v) is 17.7. The van der Waals surface area contributed by atoms with Gasteiger partial charge in [-0.3, -0.25) is 0 Å². The third-order valence-corrected chi connectivity index (χ3v) is 7.88. The second-order valence-electron chi connectivity index (χ2n) is 7.37. The first-order valence-electron chi connectivity index (χ1n) is 9.75. The summed E-state index contributed by atoms with van der Waals surface area (Å²) in [5.41, 5.74) is 6.52. The summed E-state index contributed by atoms with van der Waals surface area (Å²) < 4.78 is 14.1. The number of hydrogen-bond acceptors (Lipinski definition) is 1. The maximum absolute atomic E-state index is 14.1. The molecule has 0 atom stereocenters. The van der Waals surface area contributed by atoms with E-state index in [1.807, 2.05) is 54.6 Å². The fourth-order valence-corrected chi connectivity index (χ4v) is 6.41. The van der Waals surface area contributed by atoms with E-state index in [-0.39, 0.29) is 0 Å². The predicted molar refractivity (Wildman–Crippen MR) is 128 cm³/mol. The molecule has 0 amide bonds. The van der Waals surface area contributed by atoms with Crippen molar-refractivity contribution < 1.29 is 4.57 Å². The van der Waals surface area contributed by atoms with E-state index in [0.29, 0.717) is 18.5 Å². The molecule has 0 aromatic heterocycles. The maximum Gasteiger partial charge on any atom is 0.100 e. The van der Waals surface area contributed by atoms with Gasteiger partial charge in [0, 0.05) is 18.5 Å². The van der Waals surface area contributed by atoms with Gasteiger partial charge in [-0.15, -0.1) is 0 Å². The molecule has 0 saturated heterocycles. The highest BCUT2D eigenvalue weighted by atomic mass is 31.2. The van der Waals surface area contributed by atoms with Crippen LogP contribution in [0, 0.1) is 0 Å². The molecule has 0 aliphatic rings. The van der Waals surface area contributed by atoms with Gasteiger partial charge in [0.15, 0.2) is 0 Å². The van der Waals surface area contributed by atoms with Crippen molar-refractivity contribution in [3.05, 3.63) is 126 Å². The van der Waals surface area contributed by atoms with Gasteiger partial charge in [0.25, 0.3) is 0 Å². The maximum atomic E-state index is 14.1. The second kappa shape index (κ2) is 9.54. The lowest BCUT2D eigenvalue weighted by molar-refractivity contribution is 0.572. The second-order valence-corrected chi connectivity index (χ2v) is 10.4. The Kier molecular flexibility index (Phi) is 6.86. The molecule has 0 heterocycles. The van der Waals surface area contributed by atoms with E-state index >= 15 is 0 Å². The number of hydrogen-bond donors (Lipinski definition) is 0. The van der Waals surface area contributed by atoms with Crippen LogP contribution < -0.4 is 0 Å². The normalized spacial score (nSPS) is 11.0. The minimum atomic E-state index is -2.53. The highest BCUT2D eigenvalue weighted by Gasteiger charge is 2.24. The summed E-state index contributed by atoms with van der Waals surface area (Å²) in [6.07, 6.45) is 7.22. The average molecular weight is 398 g/mol. The SMILES string of the molecule is C=Cc1ccc(CP(=O)(Cc2ccc(C=C)cc2)Cc2ccc(C=C)cc2)cc1. The summed E-state index contributed by atoms with van der Waals surface area (Å²) in [5, 5.41) is 0. The van der Waals surface area contributed by atoms with Crippen LogP contribution in [-0.4, -0.2) is 0 Å². The van der Waals surface area contributed by atoms with Crippen LogP contribution in [0.3, 0.4) is 0 Å². The van der Waals surface area contributed by atoms with Crippen molar-refractivity contribution in [2.75, 3.05) is 0 Å². The molecule has 29 heavy (non-hydrogen) atoms. The van der Waals surface area contributed by atoms with Gasteiger partial charge in [0.05, 0.1) is 0 Å². The van der Waals surface area contributed by atoms with Crippen molar-refractivity contribution >= 4 is 25.4 Å². The first kappa shape index (κ1) is 20.8. The molecule has 0 aliphatic heterocycles. The molecular weight excluding hydrogens is 371 g/mol. The smallest absolute Gasteiger partial charge is 0.100 e. The van der Waals surface area contributed by atoms with Crippen molar-refractivity contribution in [1.82, 2.24) is 0 Å². The number of rotatable bonds is 9. The standard InChI is InChI=1S/C27H27OP/c1-4-22-7-13-25(14-8-22)19-29(28,20-26-15-9-23(5-2)10-16-26)21-27-17-11-24(6-3)12-18-27/h4-18H,1-3,19-21H2. The minimum Gasteiger partial charge on any atom is -0.323 e. The van der Waals surface area contributed by atoms with Crippen LogP contribution in [0.5, 0.6) is 0 Å². The van der Waals surface area contributed by atoms with Crippen molar-refractivity contribution in [2.24, 2.45) is 0 Å².